The number of halogens is 1. The molecule has 0 aliphatic carbocycles. The number of nitrogens with zero attached hydrogens (tertiary/aromatic N) is 4. The Morgan fingerprint density at radius 3 is 2.70 bits per heavy atom. The number of anilines is 1. The Morgan fingerprint density at radius 1 is 1.12 bits per heavy atom. The van der Waals surface area contributed by atoms with E-state index in [9.17, 15) is 4.79 Å². The number of benzene rings is 2. The number of hydrogen-bond acceptors (Lipinski definition) is 6. The minimum Gasteiger partial charge on any atom is -0.495 e. The van der Waals surface area contributed by atoms with E-state index in [1.165, 1.54) is 11.8 Å². The molecule has 0 bridgehead atoms. The van der Waals surface area contributed by atoms with E-state index in [2.05, 4.69) is 26.6 Å². The first-order valence-corrected chi connectivity index (χ1v) is 11.5. The van der Waals surface area contributed by atoms with Crippen LogP contribution in [0.15, 0.2) is 66.0 Å². The highest BCUT2D eigenvalue weighted by Gasteiger charge is 2.19. The van der Waals surface area contributed by atoms with Crippen LogP contribution in [0.4, 0.5) is 5.69 Å². The molecule has 168 valence electrons. The number of ether oxygens (including phenoxy) is 1. The van der Waals surface area contributed by atoms with Crippen LogP contribution in [-0.2, 0) is 4.79 Å². The molecule has 1 amide bonds. The molecule has 0 unspecified atom stereocenters. The maximum Gasteiger partial charge on any atom is 0.234 e. The third kappa shape index (κ3) is 5.18. The summed E-state index contributed by atoms with van der Waals surface area (Å²) >= 11 is 7.36. The van der Waals surface area contributed by atoms with Gasteiger partial charge in [-0.25, -0.2) is 0 Å². The van der Waals surface area contributed by atoms with Crippen LogP contribution in [0.1, 0.15) is 11.1 Å². The number of thioether (sulfide) groups is 1. The Labute approximate surface area is 201 Å². The van der Waals surface area contributed by atoms with Gasteiger partial charge in [-0.05, 0) is 55.8 Å². The lowest BCUT2D eigenvalue weighted by molar-refractivity contribution is -0.113. The molecule has 4 aromatic rings. The number of nitrogens with one attached hydrogen (secondary N) is 1. The van der Waals surface area contributed by atoms with Gasteiger partial charge in [-0.3, -0.25) is 14.3 Å². The van der Waals surface area contributed by atoms with Crippen molar-refractivity contribution in [1.29, 1.82) is 0 Å². The standard InChI is InChI=1S/C24H22ClN5O2S/c1-15-7-9-20(16(2)12-15)30-23(18-6-4-5-11-26-18)28-29-24(30)33-14-22(31)27-19-13-17(25)8-10-21(19)32-3/h4-13H,14H2,1-3H3,(H,27,31). The van der Waals surface area contributed by atoms with Crippen LogP contribution in [0.25, 0.3) is 17.2 Å². The molecule has 9 heteroatoms. The Hall–Kier alpha value is -3.36. The van der Waals surface area contributed by atoms with Gasteiger partial charge in [0.25, 0.3) is 0 Å². The highest BCUT2D eigenvalue weighted by Crippen LogP contribution is 2.30. The molecule has 0 radical (unpaired) electrons. The van der Waals surface area contributed by atoms with Gasteiger partial charge < -0.3 is 10.1 Å². The molecular formula is C24H22ClN5O2S. The molecule has 0 aliphatic heterocycles. The van der Waals surface area contributed by atoms with Crippen molar-refractivity contribution in [2.75, 3.05) is 18.2 Å². The third-order valence-corrected chi connectivity index (χ3v) is 6.05. The molecule has 0 saturated carbocycles. The summed E-state index contributed by atoms with van der Waals surface area (Å²) in [6.45, 7) is 4.09. The number of rotatable bonds is 7. The molecule has 2 heterocycles. The van der Waals surface area contributed by atoms with Gasteiger partial charge >= 0.3 is 0 Å². The van der Waals surface area contributed by atoms with Crippen molar-refractivity contribution in [3.05, 3.63) is 76.9 Å². The summed E-state index contributed by atoms with van der Waals surface area (Å²) in [6.07, 6.45) is 1.72. The average molecular weight is 480 g/mol. The Balaban J connectivity index is 1.62. The van der Waals surface area contributed by atoms with Crippen molar-refractivity contribution in [3.8, 4) is 23.0 Å². The fourth-order valence-electron chi connectivity index (χ4n) is 3.39. The van der Waals surface area contributed by atoms with E-state index >= 15 is 0 Å². The number of aryl methyl sites for hydroxylation is 2. The summed E-state index contributed by atoms with van der Waals surface area (Å²) in [6, 6.07) is 16.9. The van der Waals surface area contributed by atoms with Crippen LogP contribution in [-0.4, -0.2) is 38.5 Å². The SMILES string of the molecule is COc1ccc(Cl)cc1NC(=O)CSc1nnc(-c2ccccn2)n1-c1ccc(C)cc1C. The minimum absolute atomic E-state index is 0.126. The first kappa shape index (κ1) is 22.8. The number of carbonyl (C=O) groups excluding carboxylic acids is 1. The first-order chi connectivity index (χ1) is 16.0. The van der Waals surface area contributed by atoms with Crippen molar-refractivity contribution in [3.63, 3.8) is 0 Å². The third-order valence-electron chi connectivity index (χ3n) is 4.89. The number of amides is 1. The van der Waals surface area contributed by atoms with Crippen LogP contribution in [0.3, 0.4) is 0 Å². The average Bonchev–Trinajstić information content (AvgIpc) is 3.22. The highest BCUT2D eigenvalue weighted by atomic mass is 35.5. The first-order valence-electron chi connectivity index (χ1n) is 10.2. The summed E-state index contributed by atoms with van der Waals surface area (Å²) in [5.74, 6) is 1.06. The maximum atomic E-state index is 12.7. The van der Waals surface area contributed by atoms with Crippen molar-refractivity contribution in [1.82, 2.24) is 19.7 Å². The molecule has 0 aliphatic rings. The van der Waals surface area contributed by atoms with Crippen molar-refractivity contribution in [2.45, 2.75) is 19.0 Å². The van der Waals surface area contributed by atoms with Crippen LogP contribution < -0.4 is 10.1 Å². The van der Waals surface area contributed by atoms with Gasteiger partial charge in [0, 0.05) is 11.2 Å². The molecule has 1 N–H and O–H groups in total. The number of hydrogen-bond donors (Lipinski definition) is 1. The van der Waals surface area contributed by atoms with Gasteiger partial charge in [0.05, 0.1) is 24.2 Å². The fraction of sp³-hybridized carbons (Fsp3) is 0.167. The van der Waals surface area contributed by atoms with Crippen LogP contribution in [0, 0.1) is 13.8 Å². The monoisotopic (exact) mass is 479 g/mol. The second-order valence-corrected chi connectivity index (χ2v) is 8.71. The van der Waals surface area contributed by atoms with Crippen molar-refractivity contribution >= 4 is 35.0 Å². The lowest BCUT2D eigenvalue weighted by Gasteiger charge is -2.13. The molecule has 0 atom stereocenters. The number of aromatic nitrogens is 4. The van der Waals surface area contributed by atoms with E-state index in [0.29, 0.717) is 33.1 Å². The molecule has 0 spiro atoms. The zero-order chi connectivity index (χ0) is 23.4. The van der Waals surface area contributed by atoms with Gasteiger partial charge in [-0.1, -0.05) is 47.1 Å². The van der Waals surface area contributed by atoms with Gasteiger partial charge in [0.1, 0.15) is 11.4 Å². The molecule has 2 aromatic heterocycles. The van der Waals surface area contributed by atoms with Gasteiger partial charge in [0.15, 0.2) is 11.0 Å². The lowest BCUT2D eigenvalue weighted by atomic mass is 10.1. The second kappa shape index (κ2) is 10.1. The predicted octanol–water partition coefficient (Wildman–Crippen LogP) is 5.34. The molecular weight excluding hydrogens is 458 g/mol. The van der Waals surface area contributed by atoms with E-state index < -0.39 is 0 Å². The molecule has 0 fully saturated rings. The molecule has 7 nitrogen and oxygen atoms in total. The van der Waals surface area contributed by atoms with Crippen LogP contribution in [0.2, 0.25) is 5.02 Å². The summed E-state index contributed by atoms with van der Waals surface area (Å²) < 4.78 is 7.24. The quantitative estimate of drug-likeness (QED) is 0.360. The number of carbonyl (C=O) groups is 1. The van der Waals surface area contributed by atoms with Crippen LogP contribution >= 0.6 is 23.4 Å². The maximum absolute atomic E-state index is 12.7. The normalized spacial score (nSPS) is 10.8. The van der Waals surface area contributed by atoms with E-state index in [4.69, 9.17) is 16.3 Å². The van der Waals surface area contributed by atoms with Gasteiger partial charge in [-0.2, -0.15) is 0 Å². The summed E-state index contributed by atoms with van der Waals surface area (Å²) in [5, 5.41) is 12.7. The fourth-order valence-corrected chi connectivity index (χ4v) is 4.31. The molecule has 33 heavy (non-hydrogen) atoms. The lowest BCUT2D eigenvalue weighted by Crippen LogP contribution is -2.15. The van der Waals surface area contributed by atoms with Gasteiger partial charge in [0.2, 0.25) is 5.91 Å². The zero-order valence-electron chi connectivity index (χ0n) is 18.4. The number of methoxy groups -OCH3 is 1. The predicted molar refractivity (Wildman–Crippen MR) is 131 cm³/mol. The van der Waals surface area contributed by atoms with Crippen molar-refractivity contribution < 1.29 is 9.53 Å². The highest BCUT2D eigenvalue weighted by molar-refractivity contribution is 7.99. The Kier molecular flexibility index (Phi) is 6.96. The Morgan fingerprint density at radius 2 is 1.97 bits per heavy atom. The van der Waals surface area contributed by atoms with E-state index in [1.807, 2.05) is 48.7 Å². The van der Waals surface area contributed by atoms with E-state index in [-0.39, 0.29) is 11.7 Å². The smallest absolute Gasteiger partial charge is 0.234 e. The number of pyridine rings is 1. The van der Waals surface area contributed by atoms with Crippen LogP contribution in [0.5, 0.6) is 5.75 Å². The van der Waals surface area contributed by atoms with Crippen molar-refractivity contribution in [2.24, 2.45) is 0 Å². The molecule has 4 rings (SSSR count). The van der Waals surface area contributed by atoms with E-state index in [1.54, 1.807) is 31.5 Å². The topological polar surface area (TPSA) is 81.9 Å². The zero-order valence-corrected chi connectivity index (χ0v) is 19.9. The summed E-state index contributed by atoms with van der Waals surface area (Å²) in [7, 11) is 1.54. The minimum atomic E-state index is -0.213. The summed E-state index contributed by atoms with van der Waals surface area (Å²) in [4.78, 5) is 17.1. The molecule has 0 saturated heterocycles. The largest absolute Gasteiger partial charge is 0.495 e. The Bertz CT molecular complexity index is 1290. The van der Waals surface area contributed by atoms with E-state index in [0.717, 1.165) is 16.8 Å². The second-order valence-electron chi connectivity index (χ2n) is 7.33. The summed E-state index contributed by atoms with van der Waals surface area (Å²) in [5.41, 5.74) is 4.38. The molecule has 2 aromatic carbocycles. The van der Waals surface area contributed by atoms with Gasteiger partial charge in [-0.15, -0.1) is 10.2 Å².